The fourth-order valence-corrected chi connectivity index (χ4v) is 4.23. The summed E-state index contributed by atoms with van der Waals surface area (Å²) in [5.41, 5.74) is 0. The van der Waals surface area contributed by atoms with E-state index in [0.717, 1.165) is 5.75 Å². The van der Waals surface area contributed by atoms with Crippen LogP contribution in [0.3, 0.4) is 0 Å². The number of nitrogens with two attached hydrogens (primary N) is 1. The van der Waals surface area contributed by atoms with Crippen molar-refractivity contribution in [3.05, 3.63) is 10.1 Å². The molecule has 3 saturated heterocycles. The van der Waals surface area contributed by atoms with Gasteiger partial charge in [-0.15, -0.1) is 10.1 Å². The molecule has 3 heterocycles. The molecule has 3 rings (SSSR count). The number of hydrogen-bond donors (Lipinski definition) is 2. The average Bonchev–Trinajstić information content (AvgIpc) is 3.07. The van der Waals surface area contributed by atoms with Crippen LogP contribution in [0.2, 0.25) is 0 Å². The Labute approximate surface area is 143 Å². The van der Waals surface area contributed by atoms with E-state index in [0.29, 0.717) is 0 Å². The van der Waals surface area contributed by atoms with Crippen LogP contribution in [0, 0.1) is 10.1 Å². The van der Waals surface area contributed by atoms with Crippen molar-refractivity contribution in [1.29, 1.82) is 0 Å². The first-order chi connectivity index (χ1) is 10.4. The second-order valence-electron chi connectivity index (χ2n) is 6.27. The zero-order chi connectivity index (χ0) is 15.9. The van der Waals surface area contributed by atoms with Gasteiger partial charge in [0.05, 0.1) is 25.0 Å². The molecule has 0 bridgehead atoms. The van der Waals surface area contributed by atoms with E-state index in [1.807, 2.05) is 0 Å². The molecule has 3 aliphatic heterocycles. The van der Waals surface area contributed by atoms with Gasteiger partial charge in [0.15, 0.2) is 12.1 Å². The SMILES string of the molecule is CC1(C)[NH2+][C@H](C(=O)N[C@H]2CO[C@H]3[C@@H]2OC[C@@H]3O[N+](=O)[O-])CS1.[Cl-]. The second-order valence-corrected chi connectivity index (χ2v) is 7.94. The van der Waals surface area contributed by atoms with Crippen molar-refractivity contribution in [2.45, 2.75) is 49.1 Å². The molecule has 1 amide bonds. The Bertz CT molecular complexity index is 482. The van der Waals surface area contributed by atoms with Crippen molar-refractivity contribution < 1.29 is 41.9 Å². The van der Waals surface area contributed by atoms with E-state index in [9.17, 15) is 14.9 Å². The van der Waals surface area contributed by atoms with E-state index < -0.39 is 23.4 Å². The zero-order valence-electron chi connectivity index (χ0n) is 12.8. The Morgan fingerprint density at radius 2 is 2.09 bits per heavy atom. The minimum atomic E-state index is -0.835. The maximum absolute atomic E-state index is 12.3. The molecule has 0 aliphatic carbocycles. The topological polar surface area (TPSA) is 117 Å². The van der Waals surface area contributed by atoms with Crippen LogP contribution in [0.5, 0.6) is 0 Å². The largest absolute Gasteiger partial charge is 1.00 e. The second kappa shape index (κ2) is 6.98. The third-order valence-electron chi connectivity index (χ3n) is 4.13. The number of ether oxygens (including phenoxy) is 2. The molecule has 3 fully saturated rings. The van der Waals surface area contributed by atoms with Crippen molar-refractivity contribution in [2.75, 3.05) is 19.0 Å². The van der Waals surface area contributed by atoms with Gasteiger partial charge in [-0.3, -0.25) is 4.79 Å². The van der Waals surface area contributed by atoms with E-state index in [1.165, 1.54) is 0 Å². The highest BCUT2D eigenvalue weighted by molar-refractivity contribution is 8.00. The number of hydrogen-bond acceptors (Lipinski definition) is 7. The van der Waals surface area contributed by atoms with Gasteiger partial charge in [-0.1, -0.05) is 11.8 Å². The first-order valence-corrected chi connectivity index (χ1v) is 8.19. The Balaban J connectivity index is 0.00000192. The van der Waals surface area contributed by atoms with Crippen LogP contribution in [0.1, 0.15) is 13.8 Å². The van der Waals surface area contributed by atoms with Gasteiger partial charge in [-0.2, -0.15) is 0 Å². The number of carbonyl (C=O) groups is 1. The summed E-state index contributed by atoms with van der Waals surface area (Å²) in [6, 6.07) is -0.425. The maximum Gasteiger partial charge on any atom is 0.294 e. The Morgan fingerprint density at radius 3 is 2.70 bits per heavy atom. The first kappa shape index (κ1) is 18.5. The van der Waals surface area contributed by atoms with E-state index in [-0.39, 0.29) is 48.5 Å². The van der Waals surface area contributed by atoms with Crippen LogP contribution in [0.15, 0.2) is 0 Å². The Kier molecular flexibility index (Phi) is 5.62. The van der Waals surface area contributed by atoms with Crippen molar-refractivity contribution >= 4 is 17.7 Å². The van der Waals surface area contributed by atoms with Crippen LogP contribution in [-0.2, 0) is 19.1 Å². The summed E-state index contributed by atoms with van der Waals surface area (Å²) in [5.74, 6) is 0.712. The number of amides is 1. The monoisotopic (exact) mass is 369 g/mol. The van der Waals surface area contributed by atoms with Crippen molar-refractivity contribution in [3.8, 4) is 0 Å². The summed E-state index contributed by atoms with van der Waals surface area (Å²) in [5, 5.41) is 14.6. The molecular formula is C12H20ClN3O6S. The zero-order valence-corrected chi connectivity index (χ0v) is 14.3. The fraction of sp³-hybridized carbons (Fsp3) is 0.917. The van der Waals surface area contributed by atoms with Crippen LogP contribution >= 0.6 is 11.8 Å². The van der Waals surface area contributed by atoms with Gasteiger partial charge in [-0.05, 0) is 0 Å². The molecule has 0 radical (unpaired) electrons. The van der Waals surface area contributed by atoms with Crippen LogP contribution in [0.25, 0.3) is 0 Å². The maximum atomic E-state index is 12.3. The van der Waals surface area contributed by atoms with E-state index in [4.69, 9.17) is 9.47 Å². The summed E-state index contributed by atoms with van der Waals surface area (Å²) < 4.78 is 11.0. The predicted octanol–water partition coefficient (Wildman–Crippen LogP) is -4.74. The number of thioether (sulfide) groups is 1. The summed E-state index contributed by atoms with van der Waals surface area (Å²) >= 11 is 1.75. The van der Waals surface area contributed by atoms with Crippen LogP contribution in [-0.4, -0.2) is 65.2 Å². The summed E-state index contributed by atoms with van der Waals surface area (Å²) in [6.45, 7) is 4.54. The number of nitrogens with zero attached hydrogens (tertiary/aromatic N) is 1. The van der Waals surface area contributed by atoms with Gasteiger partial charge >= 0.3 is 0 Å². The van der Waals surface area contributed by atoms with Crippen LogP contribution < -0.4 is 23.0 Å². The number of carbonyl (C=O) groups excluding carboxylic acids is 1. The van der Waals surface area contributed by atoms with E-state index >= 15 is 0 Å². The molecule has 9 nitrogen and oxygen atoms in total. The van der Waals surface area contributed by atoms with Crippen molar-refractivity contribution in [2.24, 2.45) is 0 Å². The van der Waals surface area contributed by atoms with Gasteiger partial charge in [0.1, 0.15) is 17.1 Å². The van der Waals surface area contributed by atoms with Gasteiger partial charge in [0, 0.05) is 13.8 Å². The molecule has 5 atom stereocenters. The molecule has 11 heteroatoms. The van der Waals surface area contributed by atoms with E-state index in [1.54, 1.807) is 11.8 Å². The first-order valence-electron chi connectivity index (χ1n) is 7.20. The Morgan fingerprint density at radius 1 is 1.39 bits per heavy atom. The molecule has 0 aromatic carbocycles. The fourth-order valence-electron chi connectivity index (χ4n) is 3.12. The quantitative estimate of drug-likeness (QED) is 0.377. The molecule has 132 valence electrons. The number of quaternary nitrogens is 1. The molecule has 0 unspecified atom stereocenters. The summed E-state index contributed by atoms with van der Waals surface area (Å²) in [4.78, 5) is 27.3. The standard InChI is InChI=1S/C12H19N3O6S.ClH/c1-12(2)14-7(5-22-12)11(16)13-6-3-19-10-8(21-15(17)18)4-20-9(6)10;/h6-10,14H,3-5H2,1-2H3,(H,13,16);1H/t6-,7-,8-,9+,10+;/m0./s1. The molecule has 3 aliphatic rings. The lowest BCUT2D eigenvalue weighted by molar-refractivity contribution is -0.769. The molecule has 23 heavy (non-hydrogen) atoms. The van der Waals surface area contributed by atoms with Gasteiger partial charge < -0.3 is 37.4 Å². The van der Waals surface area contributed by atoms with Crippen LogP contribution in [0.4, 0.5) is 0 Å². The van der Waals surface area contributed by atoms with Gasteiger partial charge in [0.25, 0.3) is 11.0 Å². The minimum Gasteiger partial charge on any atom is -1.00 e. The van der Waals surface area contributed by atoms with Crippen molar-refractivity contribution in [3.63, 3.8) is 0 Å². The molecular weight excluding hydrogens is 350 g/mol. The third-order valence-corrected chi connectivity index (χ3v) is 5.54. The van der Waals surface area contributed by atoms with Gasteiger partial charge in [0.2, 0.25) is 0 Å². The van der Waals surface area contributed by atoms with Gasteiger partial charge in [-0.25, -0.2) is 0 Å². The summed E-state index contributed by atoms with van der Waals surface area (Å²) in [6.07, 6.45) is -1.63. The number of fused-ring (bicyclic) bond motifs is 1. The normalized spacial score (nSPS) is 37.7. The highest BCUT2D eigenvalue weighted by Gasteiger charge is 2.51. The summed E-state index contributed by atoms with van der Waals surface area (Å²) in [7, 11) is 0. The Hall–Kier alpha value is -0.810. The molecule has 0 aromatic rings. The average molecular weight is 370 g/mol. The molecule has 0 spiro atoms. The highest BCUT2D eigenvalue weighted by atomic mass is 35.5. The lowest BCUT2D eigenvalue weighted by Gasteiger charge is -2.20. The predicted molar refractivity (Wildman–Crippen MR) is 75.5 cm³/mol. The van der Waals surface area contributed by atoms with Crippen molar-refractivity contribution in [1.82, 2.24) is 5.32 Å². The number of rotatable bonds is 4. The molecule has 0 aromatic heterocycles. The van der Waals surface area contributed by atoms with E-state index in [2.05, 4.69) is 29.3 Å². The minimum absolute atomic E-state index is 0. The highest BCUT2D eigenvalue weighted by Crippen LogP contribution is 2.29. The lowest BCUT2D eigenvalue weighted by atomic mass is 10.1. The molecule has 3 N–H and O–H groups in total. The lowest BCUT2D eigenvalue weighted by Crippen LogP contribution is -3.00. The molecule has 0 saturated carbocycles. The number of nitrogens with one attached hydrogen (secondary N) is 1. The number of halogens is 1. The smallest absolute Gasteiger partial charge is 0.294 e. The third kappa shape index (κ3) is 4.00.